The first-order valence-electron chi connectivity index (χ1n) is 10.8. The molecule has 6 rings (SSSR count). The number of nitrogen functional groups attached to an aromatic ring is 2. The lowest BCUT2D eigenvalue weighted by Crippen LogP contribution is -2.59. The van der Waals surface area contributed by atoms with Crippen molar-refractivity contribution < 1.29 is 0 Å². The van der Waals surface area contributed by atoms with Crippen LogP contribution in [0.15, 0.2) is 12.4 Å². The quantitative estimate of drug-likeness (QED) is 0.747. The van der Waals surface area contributed by atoms with Crippen LogP contribution in [0.2, 0.25) is 0 Å². The summed E-state index contributed by atoms with van der Waals surface area (Å²) in [5.74, 6) is 2.61. The number of anilines is 2. The van der Waals surface area contributed by atoms with Gasteiger partial charge in [-0.3, -0.25) is 4.90 Å². The molecule has 0 unspecified atom stereocenters. The number of hydrogen-bond donors (Lipinski definition) is 2. The van der Waals surface area contributed by atoms with E-state index in [9.17, 15) is 10.5 Å². The summed E-state index contributed by atoms with van der Waals surface area (Å²) in [6.07, 6.45) is 10.8. The fraction of sp³-hybridized carbons (Fsp3) is 0.545. The van der Waals surface area contributed by atoms with Crippen molar-refractivity contribution in [3.63, 3.8) is 0 Å². The second-order valence-electron chi connectivity index (χ2n) is 9.41. The first-order chi connectivity index (χ1) is 15.0. The summed E-state index contributed by atoms with van der Waals surface area (Å²) in [5, 5.41) is 18.6. The van der Waals surface area contributed by atoms with Crippen LogP contribution in [0.4, 0.5) is 11.6 Å². The first-order valence-corrected chi connectivity index (χ1v) is 10.8. The van der Waals surface area contributed by atoms with E-state index in [4.69, 9.17) is 11.5 Å². The maximum atomic E-state index is 9.32. The number of nitriles is 2. The van der Waals surface area contributed by atoms with Gasteiger partial charge in [0, 0.05) is 18.6 Å². The summed E-state index contributed by atoms with van der Waals surface area (Å²) >= 11 is 0. The van der Waals surface area contributed by atoms with Crippen LogP contribution in [0.25, 0.3) is 0 Å². The molecule has 4 N–H and O–H groups in total. The molecule has 31 heavy (non-hydrogen) atoms. The van der Waals surface area contributed by atoms with E-state index >= 15 is 0 Å². The van der Waals surface area contributed by atoms with E-state index in [1.54, 1.807) is 12.4 Å². The Hall–Kier alpha value is -3.30. The third kappa shape index (κ3) is 3.55. The summed E-state index contributed by atoms with van der Waals surface area (Å²) in [7, 11) is 0. The summed E-state index contributed by atoms with van der Waals surface area (Å²) in [5.41, 5.74) is 13.4. The van der Waals surface area contributed by atoms with Crippen molar-refractivity contribution >= 4 is 11.6 Å². The Balaban J connectivity index is 1.50. The Bertz CT molecular complexity index is 996. The van der Waals surface area contributed by atoms with Crippen LogP contribution in [0.3, 0.4) is 0 Å². The van der Waals surface area contributed by atoms with Crippen LogP contribution in [-0.4, -0.2) is 30.4 Å². The van der Waals surface area contributed by atoms with E-state index < -0.39 is 0 Å². The van der Waals surface area contributed by atoms with Gasteiger partial charge < -0.3 is 11.5 Å². The highest BCUT2D eigenvalue weighted by Gasteiger charge is 2.53. The van der Waals surface area contributed by atoms with Crippen LogP contribution >= 0.6 is 0 Å². The van der Waals surface area contributed by atoms with Gasteiger partial charge in [-0.05, 0) is 56.3 Å². The molecule has 2 aromatic heterocycles. The minimum Gasteiger partial charge on any atom is -0.381 e. The van der Waals surface area contributed by atoms with Crippen LogP contribution in [-0.2, 0) is 13.1 Å². The second-order valence-corrected chi connectivity index (χ2v) is 9.41. The molecule has 0 amide bonds. The third-order valence-corrected chi connectivity index (χ3v) is 7.30. The Morgan fingerprint density at radius 2 is 1.26 bits per heavy atom. The fourth-order valence-corrected chi connectivity index (χ4v) is 6.42. The molecular formula is C22H25N9. The van der Waals surface area contributed by atoms with Gasteiger partial charge in [0.15, 0.2) is 23.0 Å². The van der Waals surface area contributed by atoms with Crippen molar-refractivity contribution in [3.8, 4) is 12.1 Å². The number of hydrogen-bond acceptors (Lipinski definition) is 9. The van der Waals surface area contributed by atoms with Gasteiger partial charge in [0.25, 0.3) is 0 Å². The van der Waals surface area contributed by atoms with Crippen molar-refractivity contribution in [2.45, 2.75) is 57.2 Å². The molecule has 0 spiro atoms. The molecule has 4 aliphatic carbocycles. The molecule has 0 aliphatic heterocycles. The normalized spacial score (nSPS) is 28.4. The Kier molecular flexibility index (Phi) is 4.71. The molecule has 9 nitrogen and oxygen atoms in total. The van der Waals surface area contributed by atoms with E-state index in [-0.39, 0.29) is 28.6 Å². The molecule has 0 saturated heterocycles. The minimum absolute atomic E-state index is 0.0699. The summed E-state index contributed by atoms with van der Waals surface area (Å²) < 4.78 is 0. The molecule has 0 atom stereocenters. The van der Waals surface area contributed by atoms with Gasteiger partial charge in [0.05, 0.1) is 23.8 Å². The van der Waals surface area contributed by atoms with Gasteiger partial charge in [0.2, 0.25) is 0 Å². The van der Waals surface area contributed by atoms with Crippen molar-refractivity contribution in [1.29, 1.82) is 10.5 Å². The average Bonchev–Trinajstić information content (AvgIpc) is 2.74. The highest BCUT2D eigenvalue weighted by Crippen LogP contribution is 2.58. The lowest BCUT2D eigenvalue weighted by Gasteiger charge is -2.60. The van der Waals surface area contributed by atoms with Crippen LogP contribution in [0, 0.1) is 40.4 Å². The zero-order chi connectivity index (χ0) is 21.6. The Labute approximate surface area is 181 Å². The van der Waals surface area contributed by atoms with Crippen LogP contribution < -0.4 is 11.5 Å². The molecule has 0 aromatic carbocycles. The van der Waals surface area contributed by atoms with Gasteiger partial charge in [0.1, 0.15) is 12.1 Å². The molecule has 4 bridgehead atoms. The van der Waals surface area contributed by atoms with Gasteiger partial charge >= 0.3 is 0 Å². The molecule has 4 aliphatic rings. The average molecular weight is 416 g/mol. The summed E-state index contributed by atoms with van der Waals surface area (Å²) in [6.45, 7) is 1.09. The van der Waals surface area contributed by atoms with E-state index in [1.165, 1.54) is 38.5 Å². The monoisotopic (exact) mass is 415 g/mol. The maximum Gasteiger partial charge on any atom is 0.183 e. The zero-order valence-electron chi connectivity index (χ0n) is 17.3. The fourth-order valence-electron chi connectivity index (χ4n) is 6.42. The second kappa shape index (κ2) is 7.44. The van der Waals surface area contributed by atoms with Crippen molar-refractivity contribution in [1.82, 2.24) is 24.8 Å². The van der Waals surface area contributed by atoms with Gasteiger partial charge in [-0.15, -0.1) is 0 Å². The van der Waals surface area contributed by atoms with Gasteiger partial charge in [-0.1, -0.05) is 0 Å². The van der Waals surface area contributed by atoms with Gasteiger partial charge in [-0.2, -0.15) is 10.5 Å². The first kappa shape index (κ1) is 19.7. The minimum atomic E-state index is 0.0699. The SMILES string of the molecule is N#Cc1nc(CN(Cc2cnc(N)c(C#N)n2)C23CC4CC(CC(C4)C2)C3)cnc1N. The van der Waals surface area contributed by atoms with E-state index in [0.29, 0.717) is 24.5 Å². The number of nitrogens with two attached hydrogens (primary N) is 2. The van der Waals surface area contributed by atoms with E-state index in [2.05, 4.69) is 24.8 Å². The van der Waals surface area contributed by atoms with Crippen molar-refractivity contribution in [2.75, 3.05) is 11.5 Å². The van der Waals surface area contributed by atoms with Crippen LogP contribution in [0.5, 0.6) is 0 Å². The Morgan fingerprint density at radius 1 is 0.839 bits per heavy atom. The number of nitrogens with zero attached hydrogens (tertiary/aromatic N) is 7. The summed E-state index contributed by atoms with van der Waals surface area (Å²) in [4.78, 5) is 19.7. The lowest BCUT2D eigenvalue weighted by molar-refractivity contribution is -0.0970. The van der Waals surface area contributed by atoms with Crippen molar-refractivity contribution in [3.05, 3.63) is 35.2 Å². The summed E-state index contributed by atoms with van der Waals surface area (Å²) in [6, 6.07) is 4.05. The Morgan fingerprint density at radius 3 is 1.65 bits per heavy atom. The maximum absolute atomic E-state index is 9.32. The van der Waals surface area contributed by atoms with E-state index in [0.717, 1.165) is 17.8 Å². The third-order valence-electron chi connectivity index (χ3n) is 7.30. The smallest absolute Gasteiger partial charge is 0.183 e. The molecule has 2 heterocycles. The molecule has 2 aromatic rings. The van der Waals surface area contributed by atoms with Crippen molar-refractivity contribution in [2.24, 2.45) is 17.8 Å². The van der Waals surface area contributed by atoms with E-state index in [1.807, 2.05) is 12.1 Å². The molecule has 4 saturated carbocycles. The highest BCUT2D eigenvalue weighted by atomic mass is 15.2. The predicted molar refractivity (Wildman–Crippen MR) is 112 cm³/mol. The molecule has 9 heteroatoms. The standard InChI is InChI=1S/C22H25N9/c23-7-18-20(25)27-9-16(29-18)11-31(12-17-10-28-21(26)19(8-24)30-17)22-4-13-1-14(5-22)3-15(2-13)6-22/h9-10,13-15H,1-6,11-12H2,(H2,25,27)(H2,26,28). The zero-order valence-corrected chi connectivity index (χ0v) is 17.3. The van der Waals surface area contributed by atoms with Crippen LogP contribution in [0.1, 0.15) is 61.3 Å². The number of rotatable bonds is 5. The topological polar surface area (TPSA) is 154 Å². The largest absolute Gasteiger partial charge is 0.381 e. The molecule has 0 radical (unpaired) electrons. The number of aromatic nitrogens is 4. The molecular weight excluding hydrogens is 390 g/mol. The van der Waals surface area contributed by atoms with Gasteiger partial charge in [-0.25, -0.2) is 19.9 Å². The lowest BCUT2D eigenvalue weighted by atomic mass is 9.52. The molecule has 158 valence electrons. The predicted octanol–water partition coefficient (Wildman–Crippen LogP) is 2.15. The highest BCUT2D eigenvalue weighted by molar-refractivity contribution is 5.43. The molecule has 4 fully saturated rings.